The summed E-state index contributed by atoms with van der Waals surface area (Å²) in [7, 11) is 2.79. The molecule has 0 radical (unpaired) electrons. The zero-order valence-corrected chi connectivity index (χ0v) is 19.3. The van der Waals surface area contributed by atoms with Crippen molar-refractivity contribution in [3.05, 3.63) is 35.6 Å². The molecule has 4 aliphatic rings. The predicted molar refractivity (Wildman–Crippen MR) is 118 cm³/mol. The normalized spacial score (nSPS) is 27.5. The summed E-state index contributed by atoms with van der Waals surface area (Å²) in [6, 6.07) is 3.60. The Bertz CT molecular complexity index is 1130. The average molecular weight is 489 g/mol. The van der Waals surface area contributed by atoms with Gasteiger partial charge in [-0.05, 0) is 43.4 Å². The monoisotopic (exact) mass is 489 g/mol. The molecule has 2 N–H and O–H groups in total. The van der Waals surface area contributed by atoms with Crippen LogP contribution in [-0.2, 0) is 30.5 Å². The number of aliphatic imine (C=N–C) groups is 1. The van der Waals surface area contributed by atoms with E-state index in [0.717, 1.165) is 9.80 Å². The molecule has 1 unspecified atom stereocenters. The largest absolute Gasteiger partial charge is 0.350 e. The molecule has 4 amide bonds. The second-order valence-corrected chi connectivity index (χ2v) is 9.34. The van der Waals surface area contributed by atoms with Crippen LogP contribution >= 0.6 is 0 Å². The Balaban J connectivity index is 1.66. The van der Waals surface area contributed by atoms with Crippen molar-refractivity contribution in [3.8, 4) is 0 Å². The lowest BCUT2D eigenvalue weighted by Gasteiger charge is -2.40. The minimum atomic E-state index is -1.79. The van der Waals surface area contributed by atoms with Crippen LogP contribution in [0.4, 0.5) is 8.78 Å². The zero-order chi connectivity index (χ0) is 25.5. The number of nitrogens with zero attached hydrogens (tertiary/aromatic N) is 3. The number of hydrogen-bond acceptors (Lipinski definition) is 6. The number of nitrogens with one attached hydrogen (secondary N) is 2. The SMILES string of the molecule is CN(C)C(=O)C(=O)NC12CCC(F)(CC1)CN1C(=O)C(=O)C(C(=O)NCc3ccc(F)cc3)N=C12. The fourth-order valence-electron chi connectivity index (χ4n) is 4.64. The number of amides is 4. The number of hydrogen-bond donors (Lipinski definition) is 2. The van der Waals surface area contributed by atoms with Crippen LogP contribution in [0.1, 0.15) is 31.2 Å². The molecule has 0 aromatic heterocycles. The molecular weight excluding hydrogens is 464 g/mol. The number of carbonyl (C=O) groups is 5. The lowest BCUT2D eigenvalue weighted by Crippen LogP contribution is -2.65. The van der Waals surface area contributed by atoms with Crippen LogP contribution < -0.4 is 10.6 Å². The third-order valence-electron chi connectivity index (χ3n) is 6.66. The summed E-state index contributed by atoms with van der Waals surface area (Å²) in [6.45, 7) is -0.474. The standard InChI is InChI=1S/C23H25F2N5O5/c1-29(2)20(35)18(33)28-23-9-7-22(25,8-10-23)12-30-19(34)16(31)15(27-21(23)30)17(32)26-11-13-3-5-14(24)6-4-13/h3-6,15H,7-12H2,1-2H3,(H,26,32)(H,28,33). The quantitative estimate of drug-likeness (QED) is 0.450. The molecule has 2 bridgehead atoms. The number of fused-ring (bicyclic) bond motifs is 2. The van der Waals surface area contributed by atoms with Crippen LogP contribution in [0.15, 0.2) is 29.3 Å². The van der Waals surface area contributed by atoms with Crippen molar-refractivity contribution in [2.45, 2.75) is 49.5 Å². The predicted octanol–water partition coefficient (Wildman–Crippen LogP) is -0.141. The van der Waals surface area contributed by atoms with Crippen molar-refractivity contribution in [2.75, 3.05) is 20.6 Å². The van der Waals surface area contributed by atoms with Gasteiger partial charge in [0.05, 0.1) is 12.1 Å². The van der Waals surface area contributed by atoms with E-state index in [2.05, 4.69) is 15.6 Å². The van der Waals surface area contributed by atoms with Gasteiger partial charge in [0.2, 0.25) is 0 Å². The van der Waals surface area contributed by atoms with Crippen molar-refractivity contribution in [2.24, 2.45) is 4.99 Å². The molecule has 1 atom stereocenters. The van der Waals surface area contributed by atoms with Crippen LogP contribution in [0.5, 0.6) is 0 Å². The molecule has 12 heteroatoms. The number of Topliss-reactive ketones (excluding diaryl/α,β-unsaturated/α-hetero) is 1. The lowest BCUT2D eigenvalue weighted by molar-refractivity contribution is -0.146. The van der Waals surface area contributed by atoms with E-state index in [0.29, 0.717) is 5.56 Å². The highest BCUT2D eigenvalue weighted by Crippen LogP contribution is 2.44. The second kappa shape index (κ2) is 8.82. The summed E-state index contributed by atoms with van der Waals surface area (Å²) in [6.07, 6.45) is 0.0249. The Morgan fingerprint density at radius 3 is 2.34 bits per heavy atom. The Morgan fingerprint density at radius 1 is 1.11 bits per heavy atom. The summed E-state index contributed by atoms with van der Waals surface area (Å²) in [4.78, 5) is 69.7. The number of rotatable bonds is 4. The van der Waals surface area contributed by atoms with Gasteiger partial charge >= 0.3 is 11.8 Å². The topological polar surface area (TPSA) is 128 Å². The van der Waals surface area contributed by atoms with E-state index in [1.807, 2.05) is 0 Å². The van der Waals surface area contributed by atoms with Crippen molar-refractivity contribution < 1.29 is 32.8 Å². The van der Waals surface area contributed by atoms with Crippen LogP contribution in [0.25, 0.3) is 0 Å². The fraction of sp³-hybridized carbons (Fsp3) is 0.478. The highest BCUT2D eigenvalue weighted by atomic mass is 19.1. The van der Waals surface area contributed by atoms with E-state index in [1.54, 1.807) is 0 Å². The van der Waals surface area contributed by atoms with E-state index < -0.39 is 59.0 Å². The minimum absolute atomic E-state index is 0.0259. The van der Waals surface area contributed by atoms with Gasteiger partial charge in [0.1, 0.15) is 17.3 Å². The van der Waals surface area contributed by atoms with Gasteiger partial charge in [0, 0.05) is 20.6 Å². The maximum Gasteiger partial charge on any atom is 0.311 e. The molecule has 1 aromatic carbocycles. The van der Waals surface area contributed by atoms with Gasteiger partial charge < -0.3 is 15.5 Å². The molecule has 35 heavy (non-hydrogen) atoms. The van der Waals surface area contributed by atoms with E-state index >= 15 is 4.39 Å². The number of halogens is 2. The number of benzene rings is 1. The van der Waals surface area contributed by atoms with E-state index in [-0.39, 0.29) is 38.1 Å². The maximum atomic E-state index is 15.4. The first-order valence-electron chi connectivity index (χ1n) is 11.1. The molecule has 3 heterocycles. The molecule has 3 aliphatic heterocycles. The highest BCUT2D eigenvalue weighted by Gasteiger charge is 2.58. The number of amidine groups is 1. The van der Waals surface area contributed by atoms with E-state index in [9.17, 15) is 28.4 Å². The summed E-state index contributed by atoms with van der Waals surface area (Å²) >= 11 is 0. The Labute approximate surface area is 199 Å². The van der Waals surface area contributed by atoms with Crippen LogP contribution in [0.2, 0.25) is 0 Å². The van der Waals surface area contributed by atoms with Gasteiger partial charge in [-0.15, -0.1) is 0 Å². The molecule has 1 aliphatic carbocycles. The van der Waals surface area contributed by atoms with Crippen LogP contribution in [0, 0.1) is 5.82 Å². The third kappa shape index (κ3) is 4.52. The number of likely N-dealkylation sites (N-methyl/N-ethyl adjacent to an activating group) is 1. The van der Waals surface area contributed by atoms with Gasteiger partial charge in [-0.3, -0.25) is 28.9 Å². The molecular formula is C23H25F2N5O5. The second-order valence-electron chi connectivity index (χ2n) is 9.34. The average Bonchev–Trinajstić information content (AvgIpc) is 3.02. The van der Waals surface area contributed by atoms with Gasteiger partial charge in [-0.1, -0.05) is 12.1 Å². The van der Waals surface area contributed by atoms with Crippen LogP contribution in [-0.4, -0.2) is 82.9 Å². The number of ketones is 1. The van der Waals surface area contributed by atoms with Crippen molar-refractivity contribution in [1.29, 1.82) is 0 Å². The molecule has 3 fully saturated rings. The fourth-order valence-corrected chi connectivity index (χ4v) is 4.64. The highest BCUT2D eigenvalue weighted by molar-refractivity contribution is 6.46. The van der Waals surface area contributed by atoms with Crippen molar-refractivity contribution in [3.63, 3.8) is 0 Å². The smallest absolute Gasteiger partial charge is 0.311 e. The number of alkyl halides is 1. The van der Waals surface area contributed by atoms with E-state index in [1.165, 1.54) is 38.4 Å². The minimum Gasteiger partial charge on any atom is -0.350 e. The van der Waals surface area contributed by atoms with Gasteiger partial charge in [0.15, 0.2) is 6.04 Å². The van der Waals surface area contributed by atoms with Crippen molar-refractivity contribution in [1.82, 2.24) is 20.4 Å². The molecule has 186 valence electrons. The van der Waals surface area contributed by atoms with Gasteiger partial charge in [-0.2, -0.15) is 0 Å². The summed E-state index contributed by atoms with van der Waals surface area (Å²) in [5.41, 5.74) is -2.62. The Morgan fingerprint density at radius 2 is 1.74 bits per heavy atom. The summed E-state index contributed by atoms with van der Waals surface area (Å²) in [5.74, 6) is -5.44. The van der Waals surface area contributed by atoms with Crippen molar-refractivity contribution >= 4 is 35.2 Å². The molecule has 10 nitrogen and oxygen atoms in total. The summed E-state index contributed by atoms with van der Waals surface area (Å²) < 4.78 is 28.5. The zero-order valence-electron chi connectivity index (χ0n) is 19.3. The first-order chi connectivity index (χ1) is 16.4. The Kier molecular flexibility index (Phi) is 6.16. The lowest BCUT2D eigenvalue weighted by atomic mass is 9.76. The molecule has 1 saturated carbocycles. The first-order valence-corrected chi connectivity index (χ1v) is 11.1. The van der Waals surface area contributed by atoms with Gasteiger partial charge in [-0.25, -0.2) is 13.8 Å². The maximum absolute atomic E-state index is 15.4. The number of carbonyl (C=O) groups excluding carboxylic acids is 5. The summed E-state index contributed by atoms with van der Waals surface area (Å²) in [5, 5.41) is 5.12. The van der Waals surface area contributed by atoms with Gasteiger partial charge in [0.25, 0.3) is 17.6 Å². The first kappa shape index (κ1) is 24.4. The third-order valence-corrected chi connectivity index (χ3v) is 6.66. The molecule has 5 rings (SSSR count). The molecule has 0 spiro atoms. The van der Waals surface area contributed by atoms with E-state index in [4.69, 9.17) is 0 Å². The Hall–Kier alpha value is -3.70. The molecule has 2 saturated heterocycles. The molecule has 1 aromatic rings. The van der Waals surface area contributed by atoms with Crippen LogP contribution in [0.3, 0.4) is 0 Å².